The van der Waals surface area contributed by atoms with E-state index < -0.39 is 0 Å². The third-order valence-electron chi connectivity index (χ3n) is 2.91. The second-order valence-corrected chi connectivity index (χ2v) is 6.59. The largest absolute Gasteiger partial charge is 0.493 e. The van der Waals surface area contributed by atoms with Crippen LogP contribution >= 0.6 is 27.3 Å². The van der Waals surface area contributed by atoms with Crippen LogP contribution in [0.1, 0.15) is 18.2 Å². The summed E-state index contributed by atoms with van der Waals surface area (Å²) in [4.78, 5) is 15.0. The number of halogens is 1. The maximum absolute atomic E-state index is 10.7. The number of hydrogen-bond acceptors (Lipinski definition) is 8. The van der Waals surface area contributed by atoms with E-state index in [1.54, 1.807) is 25.5 Å². The highest BCUT2D eigenvalue weighted by molar-refractivity contribution is 9.10. The Bertz CT molecular complexity index is 764. The van der Waals surface area contributed by atoms with Gasteiger partial charge in [-0.25, -0.2) is 4.98 Å². The summed E-state index contributed by atoms with van der Waals surface area (Å²) in [6.07, 6.45) is 1.66. The van der Waals surface area contributed by atoms with Crippen molar-refractivity contribution >= 4 is 44.6 Å². The Balaban J connectivity index is 2.03. The van der Waals surface area contributed by atoms with Gasteiger partial charge in [-0.15, -0.1) is 11.3 Å². The molecule has 1 N–H and O–H groups in total. The summed E-state index contributed by atoms with van der Waals surface area (Å²) in [6.45, 7) is 3.69. The highest BCUT2D eigenvalue weighted by Crippen LogP contribution is 2.33. The third-order valence-corrected chi connectivity index (χ3v) is 4.46. The first kappa shape index (κ1) is 19.2. The molecule has 0 spiro atoms. The predicted molar refractivity (Wildman–Crippen MR) is 101 cm³/mol. The van der Waals surface area contributed by atoms with Gasteiger partial charge in [0.2, 0.25) is 5.13 Å². The first-order valence-electron chi connectivity index (χ1n) is 7.34. The molecule has 0 atom stereocenters. The third kappa shape index (κ3) is 6.02. The lowest BCUT2D eigenvalue weighted by Gasteiger charge is -2.12. The SMILES string of the molecule is COc1cc(C=NNc2nc(C)cs2)c(Br)cc1OCCOC(C)=O. The van der Waals surface area contributed by atoms with Crippen LogP contribution in [0.15, 0.2) is 27.1 Å². The van der Waals surface area contributed by atoms with E-state index in [1.807, 2.05) is 12.3 Å². The number of carbonyl (C=O) groups is 1. The van der Waals surface area contributed by atoms with Gasteiger partial charge in [0.25, 0.3) is 0 Å². The molecule has 0 unspecified atom stereocenters. The van der Waals surface area contributed by atoms with Gasteiger partial charge in [-0.05, 0) is 35.0 Å². The van der Waals surface area contributed by atoms with Crippen molar-refractivity contribution in [2.75, 3.05) is 25.7 Å². The summed E-state index contributed by atoms with van der Waals surface area (Å²) >= 11 is 4.96. The number of anilines is 1. The number of benzene rings is 1. The Morgan fingerprint density at radius 1 is 1.40 bits per heavy atom. The lowest BCUT2D eigenvalue weighted by Crippen LogP contribution is -2.10. The number of thiazole rings is 1. The van der Waals surface area contributed by atoms with E-state index in [2.05, 4.69) is 31.4 Å². The molecule has 2 rings (SSSR count). The zero-order valence-electron chi connectivity index (χ0n) is 14.0. The van der Waals surface area contributed by atoms with Gasteiger partial charge in [-0.1, -0.05) is 0 Å². The number of methoxy groups -OCH3 is 1. The van der Waals surface area contributed by atoms with Crippen molar-refractivity contribution in [1.29, 1.82) is 0 Å². The molecular weight excluding hydrogens is 410 g/mol. The molecule has 0 fully saturated rings. The smallest absolute Gasteiger partial charge is 0.302 e. The molecule has 0 bridgehead atoms. The molecule has 0 aliphatic carbocycles. The minimum atomic E-state index is -0.341. The summed E-state index contributed by atoms with van der Waals surface area (Å²) in [5.41, 5.74) is 4.64. The van der Waals surface area contributed by atoms with Crippen LogP contribution in [-0.2, 0) is 9.53 Å². The second-order valence-electron chi connectivity index (χ2n) is 4.88. The van der Waals surface area contributed by atoms with Crippen LogP contribution in [0.5, 0.6) is 11.5 Å². The molecule has 1 heterocycles. The number of rotatable bonds is 8. The fraction of sp³-hybridized carbons (Fsp3) is 0.312. The highest BCUT2D eigenvalue weighted by Gasteiger charge is 2.10. The van der Waals surface area contributed by atoms with Crippen LogP contribution in [0.4, 0.5) is 5.13 Å². The summed E-state index contributed by atoms with van der Waals surface area (Å²) in [5.74, 6) is 0.756. The lowest BCUT2D eigenvalue weighted by atomic mass is 10.2. The monoisotopic (exact) mass is 427 g/mol. The molecule has 9 heteroatoms. The van der Waals surface area contributed by atoms with Crippen molar-refractivity contribution in [1.82, 2.24) is 4.98 Å². The number of nitrogens with zero attached hydrogens (tertiary/aromatic N) is 2. The van der Waals surface area contributed by atoms with Crippen LogP contribution in [0.25, 0.3) is 0 Å². The van der Waals surface area contributed by atoms with Crippen molar-refractivity contribution in [2.24, 2.45) is 5.10 Å². The van der Waals surface area contributed by atoms with E-state index in [4.69, 9.17) is 14.2 Å². The first-order chi connectivity index (χ1) is 12.0. The van der Waals surface area contributed by atoms with Gasteiger partial charge in [-0.3, -0.25) is 10.2 Å². The summed E-state index contributed by atoms with van der Waals surface area (Å²) in [6, 6.07) is 3.57. The zero-order chi connectivity index (χ0) is 18.2. The number of ether oxygens (including phenoxy) is 3. The van der Waals surface area contributed by atoms with Crippen molar-refractivity contribution in [3.63, 3.8) is 0 Å². The van der Waals surface area contributed by atoms with E-state index >= 15 is 0 Å². The Morgan fingerprint density at radius 2 is 2.20 bits per heavy atom. The van der Waals surface area contributed by atoms with Crippen molar-refractivity contribution in [3.8, 4) is 11.5 Å². The lowest BCUT2D eigenvalue weighted by molar-refractivity contribution is -0.141. The van der Waals surface area contributed by atoms with Gasteiger partial charge < -0.3 is 14.2 Å². The summed E-state index contributed by atoms with van der Waals surface area (Å²) in [7, 11) is 1.56. The van der Waals surface area contributed by atoms with Gasteiger partial charge in [0, 0.05) is 22.3 Å². The molecule has 0 saturated heterocycles. The van der Waals surface area contributed by atoms with Gasteiger partial charge in [0.1, 0.15) is 13.2 Å². The Hall–Kier alpha value is -2.13. The molecular formula is C16H18BrN3O4S. The Labute approximate surface area is 158 Å². The molecule has 7 nitrogen and oxygen atoms in total. The first-order valence-corrected chi connectivity index (χ1v) is 9.01. The highest BCUT2D eigenvalue weighted by atomic mass is 79.9. The molecule has 25 heavy (non-hydrogen) atoms. The van der Waals surface area contributed by atoms with E-state index in [0.717, 1.165) is 20.9 Å². The van der Waals surface area contributed by atoms with E-state index in [-0.39, 0.29) is 19.2 Å². The number of hydrogen-bond donors (Lipinski definition) is 1. The molecule has 0 aliphatic heterocycles. The molecule has 1 aromatic heterocycles. The van der Waals surface area contributed by atoms with Gasteiger partial charge in [-0.2, -0.15) is 5.10 Å². The van der Waals surface area contributed by atoms with Gasteiger partial charge in [0.05, 0.1) is 19.0 Å². The van der Waals surface area contributed by atoms with Crippen LogP contribution in [-0.4, -0.2) is 37.5 Å². The minimum absolute atomic E-state index is 0.177. The molecule has 134 valence electrons. The number of hydrazone groups is 1. The van der Waals surface area contributed by atoms with E-state index in [1.165, 1.54) is 18.3 Å². The fourth-order valence-corrected chi connectivity index (χ4v) is 2.88. The molecule has 2 aromatic rings. The molecule has 0 aliphatic rings. The predicted octanol–water partition coefficient (Wildman–Crippen LogP) is 3.61. The van der Waals surface area contributed by atoms with Crippen molar-refractivity contribution in [3.05, 3.63) is 33.2 Å². The molecule has 1 aromatic carbocycles. The topological polar surface area (TPSA) is 82.0 Å². The quantitative estimate of drug-likeness (QED) is 0.300. The van der Waals surface area contributed by atoms with Crippen LogP contribution in [0, 0.1) is 6.92 Å². The Morgan fingerprint density at radius 3 is 2.84 bits per heavy atom. The molecule has 0 saturated carbocycles. The number of esters is 1. The maximum atomic E-state index is 10.7. The van der Waals surface area contributed by atoms with Crippen molar-refractivity contribution in [2.45, 2.75) is 13.8 Å². The van der Waals surface area contributed by atoms with E-state index in [0.29, 0.717) is 11.5 Å². The number of nitrogens with one attached hydrogen (secondary N) is 1. The average Bonchev–Trinajstić information content (AvgIpc) is 2.98. The minimum Gasteiger partial charge on any atom is -0.493 e. The summed E-state index contributed by atoms with van der Waals surface area (Å²) < 4.78 is 16.6. The molecule has 0 radical (unpaired) electrons. The van der Waals surface area contributed by atoms with Crippen LogP contribution in [0.2, 0.25) is 0 Å². The second kappa shape index (κ2) is 9.38. The summed E-state index contributed by atoms with van der Waals surface area (Å²) in [5, 5.41) is 6.84. The standard InChI is InChI=1S/C16H18BrN3O4S/c1-10-9-25-16(19-10)20-18-8-12-6-14(22-3)15(7-13(12)17)24-5-4-23-11(2)21/h6-9H,4-5H2,1-3H3,(H,19,20). The van der Waals surface area contributed by atoms with E-state index in [9.17, 15) is 4.79 Å². The zero-order valence-corrected chi connectivity index (χ0v) is 16.4. The number of aryl methyl sites for hydroxylation is 1. The van der Waals surface area contributed by atoms with Gasteiger partial charge in [0.15, 0.2) is 11.5 Å². The fourth-order valence-electron chi connectivity index (χ4n) is 1.82. The normalized spacial score (nSPS) is 10.7. The Kier molecular flexibility index (Phi) is 7.20. The van der Waals surface area contributed by atoms with Crippen molar-refractivity contribution < 1.29 is 19.0 Å². The maximum Gasteiger partial charge on any atom is 0.302 e. The average molecular weight is 428 g/mol. The number of aromatic nitrogens is 1. The molecule has 0 amide bonds. The van der Waals surface area contributed by atoms with Crippen LogP contribution < -0.4 is 14.9 Å². The van der Waals surface area contributed by atoms with Crippen LogP contribution in [0.3, 0.4) is 0 Å². The van der Waals surface area contributed by atoms with Gasteiger partial charge >= 0.3 is 5.97 Å². The number of carbonyl (C=O) groups excluding carboxylic acids is 1.